The fourth-order valence-electron chi connectivity index (χ4n) is 3.02. The number of carbonyl (C=O) groups is 3. The van der Waals surface area contributed by atoms with E-state index in [1.54, 1.807) is 40.1 Å². The van der Waals surface area contributed by atoms with Crippen LogP contribution in [-0.2, 0) is 9.53 Å². The minimum Gasteiger partial charge on any atom is -0.452 e. The molecular weight excluding hydrogens is 394 g/mol. The fraction of sp³-hybridized carbons (Fsp3) is 0.350. The van der Waals surface area contributed by atoms with Crippen molar-refractivity contribution in [3.05, 3.63) is 52.2 Å². The molecule has 29 heavy (non-hydrogen) atoms. The van der Waals surface area contributed by atoms with Gasteiger partial charge in [0.2, 0.25) is 0 Å². The average Bonchev–Trinajstić information content (AvgIpc) is 3.30. The topological polar surface area (TPSA) is 99.2 Å². The van der Waals surface area contributed by atoms with E-state index < -0.39 is 5.97 Å². The van der Waals surface area contributed by atoms with Gasteiger partial charge >= 0.3 is 5.97 Å². The maximum absolute atomic E-state index is 12.4. The monoisotopic (exact) mass is 417 g/mol. The number of hydrogen-bond acceptors (Lipinski definition) is 7. The number of carbonyl (C=O) groups excluding carboxylic acids is 3. The molecule has 154 valence electrons. The van der Waals surface area contributed by atoms with Crippen LogP contribution >= 0.6 is 11.3 Å². The van der Waals surface area contributed by atoms with Crippen molar-refractivity contribution in [3.63, 3.8) is 0 Å². The van der Waals surface area contributed by atoms with Crippen LogP contribution in [0, 0.1) is 0 Å². The van der Waals surface area contributed by atoms with Crippen molar-refractivity contribution in [3.8, 4) is 0 Å². The van der Waals surface area contributed by atoms with E-state index in [0.29, 0.717) is 48.9 Å². The molecular formula is C20H23N3O5S. The Morgan fingerprint density at radius 2 is 1.76 bits per heavy atom. The Kier molecular flexibility index (Phi) is 7.20. The van der Waals surface area contributed by atoms with Crippen LogP contribution in [0.1, 0.15) is 20.0 Å². The van der Waals surface area contributed by atoms with Gasteiger partial charge in [0.25, 0.3) is 11.8 Å². The molecule has 9 heteroatoms. The van der Waals surface area contributed by atoms with E-state index in [4.69, 9.17) is 9.84 Å². The lowest BCUT2D eigenvalue weighted by atomic mass is 10.2. The van der Waals surface area contributed by atoms with Crippen molar-refractivity contribution >= 4 is 34.8 Å². The predicted octanol–water partition coefficient (Wildman–Crippen LogP) is 1.29. The summed E-state index contributed by atoms with van der Waals surface area (Å²) in [7, 11) is 0. The molecule has 0 bridgehead atoms. The van der Waals surface area contributed by atoms with E-state index in [2.05, 4.69) is 5.32 Å². The zero-order valence-electron chi connectivity index (χ0n) is 15.9. The van der Waals surface area contributed by atoms with Crippen molar-refractivity contribution < 1.29 is 24.2 Å². The van der Waals surface area contributed by atoms with Crippen LogP contribution in [0.2, 0.25) is 0 Å². The molecule has 2 N–H and O–H groups in total. The Hall–Kier alpha value is -2.91. The lowest BCUT2D eigenvalue weighted by Crippen LogP contribution is -2.51. The highest BCUT2D eigenvalue weighted by atomic mass is 32.1. The van der Waals surface area contributed by atoms with E-state index in [1.807, 2.05) is 11.4 Å². The van der Waals surface area contributed by atoms with Crippen molar-refractivity contribution in [1.82, 2.24) is 9.80 Å². The Morgan fingerprint density at radius 1 is 1.03 bits per heavy atom. The molecule has 2 heterocycles. The highest BCUT2D eigenvalue weighted by molar-refractivity contribution is 7.12. The van der Waals surface area contributed by atoms with Crippen LogP contribution in [0.5, 0.6) is 0 Å². The quantitative estimate of drug-likeness (QED) is 0.659. The molecule has 1 fully saturated rings. The first-order valence-corrected chi connectivity index (χ1v) is 10.2. The number of ether oxygens (including phenoxy) is 1. The highest BCUT2D eigenvalue weighted by Gasteiger charge is 2.26. The first-order valence-electron chi connectivity index (χ1n) is 9.31. The van der Waals surface area contributed by atoms with Gasteiger partial charge in [-0.05, 0) is 23.6 Å². The van der Waals surface area contributed by atoms with Gasteiger partial charge in [-0.15, -0.1) is 11.3 Å². The van der Waals surface area contributed by atoms with Gasteiger partial charge in [0.15, 0.2) is 6.61 Å². The Morgan fingerprint density at radius 3 is 2.45 bits per heavy atom. The Bertz CT molecular complexity index is 848. The smallest absolute Gasteiger partial charge is 0.340 e. The standard InChI is InChI=1S/C20H23N3O5S/c24-12-7-21-16-5-2-1-4-15(16)20(27)28-14-18(25)22-8-10-23(11-9-22)19(26)17-6-3-13-29-17/h1-6,13,21,24H,7-12,14H2. The molecule has 2 amide bonds. The number of para-hydroxylation sites is 1. The van der Waals surface area contributed by atoms with Crippen molar-refractivity contribution in [2.24, 2.45) is 0 Å². The Balaban J connectivity index is 1.48. The summed E-state index contributed by atoms with van der Waals surface area (Å²) >= 11 is 1.40. The van der Waals surface area contributed by atoms with Gasteiger partial charge in [-0.3, -0.25) is 9.59 Å². The second-order valence-electron chi connectivity index (χ2n) is 6.42. The van der Waals surface area contributed by atoms with Crippen molar-refractivity contribution in [1.29, 1.82) is 0 Å². The number of nitrogens with one attached hydrogen (secondary N) is 1. The minimum atomic E-state index is -0.606. The van der Waals surface area contributed by atoms with Crippen LogP contribution < -0.4 is 5.32 Å². The zero-order valence-corrected chi connectivity index (χ0v) is 16.7. The first-order chi connectivity index (χ1) is 14.1. The molecule has 0 unspecified atom stereocenters. The number of thiophene rings is 1. The number of nitrogens with zero attached hydrogens (tertiary/aromatic N) is 2. The van der Waals surface area contributed by atoms with Crippen LogP contribution in [0.15, 0.2) is 41.8 Å². The summed E-state index contributed by atoms with van der Waals surface area (Å²) in [5.74, 6) is -0.918. The number of benzene rings is 1. The molecule has 1 saturated heterocycles. The number of aliphatic hydroxyl groups is 1. The second kappa shape index (κ2) is 10.0. The molecule has 0 aliphatic carbocycles. The molecule has 3 rings (SSSR count). The molecule has 1 aliphatic heterocycles. The lowest BCUT2D eigenvalue weighted by Gasteiger charge is -2.34. The minimum absolute atomic E-state index is 0.0227. The maximum atomic E-state index is 12.4. The van der Waals surface area contributed by atoms with Gasteiger partial charge in [0.1, 0.15) is 0 Å². The van der Waals surface area contributed by atoms with Gasteiger partial charge in [-0.2, -0.15) is 0 Å². The number of rotatable bonds is 7. The molecule has 0 spiro atoms. The van der Waals surface area contributed by atoms with Crippen LogP contribution in [0.3, 0.4) is 0 Å². The summed E-state index contributed by atoms with van der Waals surface area (Å²) in [6.07, 6.45) is 0. The third-order valence-corrected chi connectivity index (χ3v) is 5.41. The van der Waals surface area contributed by atoms with E-state index >= 15 is 0 Å². The maximum Gasteiger partial charge on any atom is 0.340 e. The molecule has 2 aromatic rings. The predicted molar refractivity (Wildman–Crippen MR) is 109 cm³/mol. The highest BCUT2D eigenvalue weighted by Crippen LogP contribution is 2.17. The summed E-state index contributed by atoms with van der Waals surface area (Å²) in [4.78, 5) is 41.1. The third-order valence-electron chi connectivity index (χ3n) is 4.55. The molecule has 1 aliphatic rings. The van der Waals surface area contributed by atoms with E-state index in [9.17, 15) is 14.4 Å². The van der Waals surface area contributed by atoms with Crippen molar-refractivity contribution in [2.75, 3.05) is 51.3 Å². The Labute approximate surface area is 172 Å². The van der Waals surface area contributed by atoms with Gasteiger partial charge in [-0.1, -0.05) is 18.2 Å². The molecule has 0 saturated carbocycles. The zero-order chi connectivity index (χ0) is 20.6. The summed E-state index contributed by atoms with van der Waals surface area (Å²) < 4.78 is 5.19. The number of esters is 1. The van der Waals surface area contributed by atoms with Gasteiger partial charge < -0.3 is 25.0 Å². The molecule has 1 aromatic carbocycles. The summed E-state index contributed by atoms with van der Waals surface area (Å²) in [5, 5.41) is 13.7. The third kappa shape index (κ3) is 5.33. The molecule has 1 aromatic heterocycles. The van der Waals surface area contributed by atoms with Gasteiger partial charge in [-0.25, -0.2) is 4.79 Å². The largest absolute Gasteiger partial charge is 0.452 e. The fourth-order valence-corrected chi connectivity index (χ4v) is 3.71. The molecule has 0 atom stereocenters. The van der Waals surface area contributed by atoms with E-state index in [0.717, 1.165) is 0 Å². The lowest BCUT2D eigenvalue weighted by molar-refractivity contribution is -0.136. The molecule has 0 radical (unpaired) electrons. The normalized spacial score (nSPS) is 13.8. The average molecular weight is 417 g/mol. The van der Waals surface area contributed by atoms with Gasteiger partial charge in [0, 0.05) is 38.4 Å². The second-order valence-corrected chi connectivity index (χ2v) is 7.37. The van der Waals surface area contributed by atoms with Crippen molar-refractivity contribution in [2.45, 2.75) is 0 Å². The number of aliphatic hydroxyl groups excluding tert-OH is 1. The van der Waals surface area contributed by atoms with Gasteiger partial charge in [0.05, 0.1) is 17.0 Å². The number of amides is 2. The summed E-state index contributed by atoms with van der Waals surface area (Å²) in [6, 6.07) is 10.4. The van der Waals surface area contributed by atoms with Crippen LogP contribution in [-0.4, -0.2) is 78.6 Å². The van der Waals surface area contributed by atoms with Crippen LogP contribution in [0.4, 0.5) is 5.69 Å². The van der Waals surface area contributed by atoms with E-state index in [-0.39, 0.29) is 25.0 Å². The van der Waals surface area contributed by atoms with Crippen LogP contribution in [0.25, 0.3) is 0 Å². The molecule has 8 nitrogen and oxygen atoms in total. The number of piperazine rings is 1. The summed E-state index contributed by atoms with van der Waals surface area (Å²) in [5.41, 5.74) is 0.847. The van der Waals surface area contributed by atoms with E-state index in [1.165, 1.54) is 11.3 Å². The number of anilines is 1. The summed E-state index contributed by atoms with van der Waals surface area (Å²) in [6.45, 7) is 1.59. The first kappa shape index (κ1) is 20.8. The SMILES string of the molecule is O=C(OCC(=O)N1CCN(C(=O)c2cccs2)CC1)c1ccccc1NCCO. The number of hydrogen-bond donors (Lipinski definition) is 2.